The molecule has 0 heterocycles. The number of rotatable bonds is 1. The predicted molar refractivity (Wildman–Crippen MR) is 65.1 cm³/mol. The van der Waals surface area contributed by atoms with Crippen LogP contribution < -0.4 is 17.2 Å². The zero-order valence-electron chi connectivity index (χ0n) is 8.27. The summed E-state index contributed by atoms with van der Waals surface area (Å²) in [5.74, 6) is 0. The number of benzene rings is 2. The van der Waals surface area contributed by atoms with Crippen molar-refractivity contribution in [1.29, 1.82) is 0 Å². The van der Waals surface area contributed by atoms with Crippen LogP contribution in [0.15, 0.2) is 42.5 Å². The van der Waals surface area contributed by atoms with Crippen LogP contribution in [0.4, 0.5) is 17.1 Å². The van der Waals surface area contributed by atoms with Gasteiger partial charge in [-0.1, -0.05) is 24.3 Å². The van der Waals surface area contributed by atoms with Gasteiger partial charge in [0.2, 0.25) is 0 Å². The Bertz CT molecular complexity index is 492. The van der Waals surface area contributed by atoms with E-state index in [2.05, 4.69) is 0 Å². The van der Waals surface area contributed by atoms with E-state index in [1.807, 2.05) is 36.4 Å². The SMILES string of the molecule is Nc1cccc(-c2cccc(N)c2N)c1. The maximum atomic E-state index is 5.90. The van der Waals surface area contributed by atoms with Crippen molar-refractivity contribution in [3.05, 3.63) is 42.5 Å². The quantitative estimate of drug-likeness (QED) is 0.615. The van der Waals surface area contributed by atoms with Crippen molar-refractivity contribution < 1.29 is 0 Å². The summed E-state index contributed by atoms with van der Waals surface area (Å²) in [5.41, 5.74) is 21.2. The summed E-state index contributed by atoms with van der Waals surface area (Å²) in [6, 6.07) is 13.2. The lowest BCUT2D eigenvalue weighted by Crippen LogP contribution is -1.97. The number of para-hydroxylation sites is 1. The van der Waals surface area contributed by atoms with E-state index in [0.717, 1.165) is 11.1 Å². The molecule has 3 nitrogen and oxygen atoms in total. The summed E-state index contributed by atoms with van der Waals surface area (Å²) < 4.78 is 0. The molecule has 0 fully saturated rings. The molecule has 0 bridgehead atoms. The summed E-state index contributed by atoms with van der Waals surface area (Å²) in [7, 11) is 0. The van der Waals surface area contributed by atoms with Crippen LogP contribution in [-0.2, 0) is 0 Å². The van der Waals surface area contributed by atoms with Crippen LogP contribution in [0.3, 0.4) is 0 Å². The largest absolute Gasteiger partial charge is 0.399 e. The molecule has 76 valence electrons. The molecule has 0 saturated heterocycles. The Morgan fingerprint density at radius 1 is 0.800 bits per heavy atom. The third-order valence-electron chi connectivity index (χ3n) is 2.34. The van der Waals surface area contributed by atoms with Crippen molar-refractivity contribution in [1.82, 2.24) is 0 Å². The van der Waals surface area contributed by atoms with Crippen LogP contribution in [-0.4, -0.2) is 0 Å². The van der Waals surface area contributed by atoms with E-state index in [1.54, 1.807) is 6.07 Å². The Balaban J connectivity index is 2.59. The lowest BCUT2D eigenvalue weighted by atomic mass is 10.0. The minimum atomic E-state index is 0.593. The van der Waals surface area contributed by atoms with Gasteiger partial charge in [-0.05, 0) is 23.8 Å². The van der Waals surface area contributed by atoms with E-state index in [-0.39, 0.29) is 0 Å². The molecule has 0 spiro atoms. The molecule has 3 heteroatoms. The minimum Gasteiger partial charge on any atom is -0.399 e. The highest BCUT2D eigenvalue weighted by Gasteiger charge is 2.04. The molecular formula is C12H13N3. The molecule has 0 aliphatic heterocycles. The van der Waals surface area contributed by atoms with Crippen LogP contribution in [0.25, 0.3) is 11.1 Å². The van der Waals surface area contributed by atoms with Crippen LogP contribution in [0.1, 0.15) is 0 Å². The van der Waals surface area contributed by atoms with Crippen molar-refractivity contribution in [2.75, 3.05) is 17.2 Å². The number of hydrogen-bond donors (Lipinski definition) is 3. The molecule has 0 saturated carbocycles. The highest BCUT2D eigenvalue weighted by molar-refractivity contribution is 5.85. The van der Waals surface area contributed by atoms with Crippen LogP contribution >= 0.6 is 0 Å². The molecule has 0 unspecified atom stereocenters. The smallest absolute Gasteiger partial charge is 0.0627 e. The normalized spacial score (nSPS) is 10.1. The summed E-state index contributed by atoms with van der Waals surface area (Å²) in [6.07, 6.45) is 0. The molecule has 2 aromatic carbocycles. The van der Waals surface area contributed by atoms with Crippen LogP contribution in [0.2, 0.25) is 0 Å². The second-order valence-electron chi connectivity index (χ2n) is 3.43. The van der Waals surface area contributed by atoms with E-state index < -0.39 is 0 Å². The Hall–Kier alpha value is -2.16. The van der Waals surface area contributed by atoms with Crippen molar-refractivity contribution in [2.45, 2.75) is 0 Å². The Labute approximate surface area is 88.5 Å². The number of nitrogens with two attached hydrogens (primary N) is 3. The molecule has 0 radical (unpaired) electrons. The molecule has 6 N–H and O–H groups in total. The van der Waals surface area contributed by atoms with Gasteiger partial charge in [0.25, 0.3) is 0 Å². The third-order valence-corrected chi connectivity index (χ3v) is 2.34. The predicted octanol–water partition coefficient (Wildman–Crippen LogP) is 2.10. The molecule has 0 aliphatic rings. The van der Waals surface area contributed by atoms with Gasteiger partial charge in [-0.25, -0.2) is 0 Å². The molecule has 0 amide bonds. The monoisotopic (exact) mass is 199 g/mol. The molecular weight excluding hydrogens is 186 g/mol. The summed E-state index contributed by atoms with van der Waals surface area (Å²) in [6.45, 7) is 0. The fraction of sp³-hybridized carbons (Fsp3) is 0. The van der Waals surface area contributed by atoms with Gasteiger partial charge >= 0.3 is 0 Å². The van der Waals surface area contributed by atoms with Gasteiger partial charge in [0.05, 0.1) is 11.4 Å². The fourth-order valence-corrected chi connectivity index (χ4v) is 1.54. The van der Waals surface area contributed by atoms with Gasteiger partial charge in [-0.15, -0.1) is 0 Å². The molecule has 0 atom stereocenters. The summed E-state index contributed by atoms with van der Waals surface area (Å²) >= 11 is 0. The van der Waals surface area contributed by atoms with Gasteiger partial charge in [0.1, 0.15) is 0 Å². The number of anilines is 3. The molecule has 15 heavy (non-hydrogen) atoms. The fourth-order valence-electron chi connectivity index (χ4n) is 1.54. The average Bonchev–Trinajstić information content (AvgIpc) is 2.22. The van der Waals surface area contributed by atoms with Gasteiger partial charge in [-0.3, -0.25) is 0 Å². The topological polar surface area (TPSA) is 78.1 Å². The summed E-state index contributed by atoms with van der Waals surface area (Å²) in [4.78, 5) is 0. The first kappa shape index (κ1) is 9.40. The zero-order valence-corrected chi connectivity index (χ0v) is 8.27. The van der Waals surface area contributed by atoms with Crippen molar-refractivity contribution >= 4 is 17.1 Å². The molecule has 0 aromatic heterocycles. The van der Waals surface area contributed by atoms with Gasteiger partial charge < -0.3 is 17.2 Å². The lowest BCUT2D eigenvalue weighted by Gasteiger charge is -2.08. The second-order valence-corrected chi connectivity index (χ2v) is 3.43. The van der Waals surface area contributed by atoms with E-state index >= 15 is 0 Å². The summed E-state index contributed by atoms with van der Waals surface area (Å²) in [5, 5.41) is 0. The van der Waals surface area contributed by atoms with Gasteiger partial charge in [0.15, 0.2) is 0 Å². The Morgan fingerprint density at radius 2 is 1.53 bits per heavy atom. The first-order valence-corrected chi connectivity index (χ1v) is 4.68. The maximum Gasteiger partial charge on any atom is 0.0627 e. The molecule has 2 rings (SSSR count). The lowest BCUT2D eigenvalue weighted by molar-refractivity contribution is 1.60. The van der Waals surface area contributed by atoms with Crippen molar-refractivity contribution in [2.24, 2.45) is 0 Å². The first-order valence-electron chi connectivity index (χ1n) is 4.68. The standard InChI is InChI=1S/C12H13N3/c13-9-4-1-3-8(7-9)10-5-2-6-11(14)12(10)15/h1-7H,13-15H2. The molecule has 0 aliphatic carbocycles. The van der Waals surface area contributed by atoms with Crippen molar-refractivity contribution in [3.8, 4) is 11.1 Å². The second kappa shape index (κ2) is 3.53. The highest BCUT2D eigenvalue weighted by Crippen LogP contribution is 2.30. The average molecular weight is 199 g/mol. The van der Waals surface area contributed by atoms with E-state index in [0.29, 0.717) is 17.1 Å². The van der Waals surface area contributed by atoms with Gasteiger partial charge in [-0.2, -0.15) is 0 Å². The maximum absolute atomic E-state index is 5.90. The van der Waals surface area contributed by atoms with Gasteiger partial charge in [0, 0.05) is 11.3 Å². The number of nitrogen functional groups attached to an aromatic ring is 3. The third kappa shape index (κ3) is 1.72. The molecule has 2 aromatic rings. The van der Waals surface area contributed by atoms with E-state index in [1.165, 1.54) is 0 Å². The van der Waals surface area contributed by atoms with Crippen LogP contribution in [0, 0.1) is 0 Å². The van der Waals surface area contributed by atoms with Crippen molar-refractivity contribution in [3.63, 3.8) is 0 Å². The highest BCUT2D eigenvalue weighted by atomic mass is 14.7. The Kier molecular flexibility index (Phi) is 2.21. The van der Waals surface area contributed by atoms with E-state index in [9.17, 15) is 0 Å². The van der Waals surface area contributed by atoms with E-state index in [4.69, 9.17) is 17.2 Å². The first-order chi connectivity index (χ1) is 7.18. The van der Waals surface area contributed by atoms with Crippen LogP contribution in [0.5, 0.6) is 0 Å². The Morgan fingerprint density at radius 3 is 2.27 bits per heavy atom. The minimum absolute atomic E-state index is 0.593. The zero-order chi connectivity index (χ0) is 10.8. The number of hydrogen-bond acceptors (Lipinski definition) is 3.